The van der Waals surface area contributed by atoms with E-state index in [0.717, 1.165) is 0 Å². The van der Waals surface area contributed by atoms with Gasteiger partial charge in [-0.3, -0.25) is 4.79 Å². The van der Waals surface area contributed by atoms with Crippen LogP contribution in [0.15, 0.2) is 18.2 Å². The normalized spacial score (nSPS) is 9.77. The molecule has 0 aliphatic rings. The molecule has 0 spiro atoms. The summed E-state index contributed by atoms with van der Waals surface area (Å²) in [6, 6.07) is 4.59. The van der Waals surface area contributed by atoms with Crippen LogP contribution in [-0.4, -0.2) is 11.2 Å². The summed E-state index contributed by atoms with van der Waals surface area (Å²) in [5.74, 6) is -0.504. The second-order valence-electron chi connectivity index (χ2n) is 2.65. The molecule has 0 aliphatic heterocycles. The molecule has 0 fully saturated rings. The number of hydrogen-bond donors (Lipinski definition) is 1. The van der Waals surface area contributed by atoms with E-state index < -0.39 is 0 Å². The van der Waals surface area contributed by atoms with Crippen molar-refractivity contribution in [2.75, 3.05) is 10.6 Å². The van der Waals surface area contributed by atoms with Crippen LogP contribution in [0.2, 0.25) is 0 Å². The molecule has 0 atom stereocenters. The lowest BCUT2D eigenvalue weighted by atomic mass is 10.2. The van der Waals surface area contributed by atoms with E-state index in [1.165, 1.54) is 6.07 Å². The third-order valence-electron chi connectivity index (χ3n) is 1.58. The van der Waals surface area contributed by atoms with Gasteiger partial charge < -0.3 is 5.32 Å². The van der Waals surface area contributed by atoms with E-state index >= 15 is 0 Å². The summed E-state index contributed by atoms with van der Waals surface area (Å²) in [5, 5.41) is 2.74. The highest BCUT2D eigenvalue weighted by molar-refractivity contribution is 9.09. The SMILES string of the molecule is Cc1ccc(NC(=O)CBr)cc1F. The number of amides is 1. The van der Waals surface area contributed by atoms with Gasteiger partial charge in [-0.2, -0.15) is 0 Å². The van der Waals surface area contributed by atoms with Crippen molar-refractivity contribution in [2.45, 2.75) is 6.92 Å². The number of benzene rings is 1. The third-order valence-corrected chi connectivity index (χ3v) is 2.09. The monoisotopic (exact) mass is 245 g/mol. The van der Waals surface area contributed by atoms with Gasteiger partial charge in [0, 0.05) is 5.69 Å². The first kappa shape index (κ1) is 10.2. The van der Waals surface area contributed by atoms with Gasteiger partial charge in [-0.15, -0.1) is 0 Å². The number of rotatable bonds is 2. The average Bonchev–Trinajstić information content (AvgIpc) is 2.11. The molecular formula is C9H9BrFNO. The number of nitrogens with one attached hydrogen (secondary N) is 1. The molecular weight excluding hydrogens is 237 g/mol. The first-order valence-electron chi connectivity index (χ1n) is 3.75. The molecule has 70 valence electrons. The largest absolute Gasteiger partial charge is 0.325 e. The molecule has 0 aromatic heterocycles. The molecule has 1 amide bonds. The number of hydrogen-bond acceptors (Lipinski definition) is 1. The molecule has 1 N–H and O–H groups in total. The molecule has 4 heteroatoms. The smallest absolute Gasteiger partial charge is 0.235 e. The van der Waals surface area contributed by atoms with Gasteiger partial charge in [-0.1, -0.05) is 22.0 Å². The van der Waals surface area contributed by atoms with Gasteiger partial charge in [-0.05, 0) is 24.6 Å². The fourth-order valence-electron chi connectivity index (χ4n) is 0.865. The van der Waals surface area contributed by atoms with Gasteiger partial charge in [0.2, 0.25) is 5.91 Å². The summed E-state index contributed by atoms with van der Waals surface area (Å²) in [6.07, 6.45) is 0. The predicted octanol–water partition coefficient (Wildman–Crippen LogP) is 2.47. The molecule has 0 heterocycles. The lowest BCUT2D eigenvalue weighted by molar-refractivity contribution is -0.113. The Morgan fingerprint density at radius 2 is 2.31 bits per heavy atom. The van der Waals surface area contributed by atoms with E-state index in [0.29, 0.717) is 11.3 Å². The maximum Gasteiger partial charge on any atom is 0.235 e. The lowest BCUT2D eigenvalue weighted by Crippen LogP contribution is -2.12. The molecule has 0 aliphatic carbocycles. The van der Waals surface area contributed by atoms with E-state index in [2.05, 4.69) is 21.2 Å². The van der Waals surface area contributed by atoms with Crippen LogP contribution in [0.5, 0.6) is 0 Å². The molecule has 0 saturated heterocycles. The van der Waals surface area contributed by atoms with Crippen molar-refractivity contribution in [3.8, 4) is 0 Å². The molecule has 1 aromatic rings. The van der Waals surface area contributed by atoms with Crippen LogP contribution in [0.1, 0.15) is 5.56 Å². The van der Waals surface area contributed by atoms with E-state index in [4.69, 9.17) is 0 Å². The fraction of sp³-hybridized carbons (Fsp3) is 0.222. The summed E-state index contributed by atoms with van der Waals surface area (Å²) in [5.41, 5.74) is 1.05. The molecule has 0 saturated carbocycles. The number of carbonyl (C=O) groups excluding carboxylic acids is 1. The van der Waals surface area contributed by atoms with Crippen molar-refractivity contribution in [3.63, 3.8) is 0 Å². The Morgan fingerprint density at radius 3 is 2.85 bits per heavy atom. The van der Waals surface area contributed by atoms with Crippen molar-refractivity contribution < 1.29 is 9.18 Å². The van der Waals surface area contributed by atoms with E-state index in [9.17, 15) is 9.18 Å². The van der Waals surface area contributed by atoms with Crippen molar-refractivity contribution in [2.24, 2.45) is 0 Å². The van der Waals surface area contributed by atoms with Crippen LogP contribution in [0, 0.1) is 12.7 Å². The summed E-state index contributed by atoms with van der Waals surface area (Å²) in [4.78, 5) is 10.9. The molecule has 0 bridgehead atoms. The Morgan fingerprint density at radius 1 is 1.62 bits per heavy atom. The highest BCUT2D eigenvalue weighted by Crippen LogP contribution is 2.13. The van der Waals surface area contributed by atoms with Crippen LogP contribution in [0.25, 0.3) is 0 Å². The van der Waals surface area contributed by atoms with Crippen molar-refractivity contribution in [1.29, 1.82) is 0 Å². The Balaban J connectivity index is 2.79. The Bertz CT molecular complexity index is 327. The van der Waals surface area contributed by atoms with Crippen molar-refractivity contribution in [3.05, 3.63) is 29.6 Å². The fourth-order valence-corrected chi connectivity index (χ4v) is 1.01. The Hall–Kier alpha value is -0.900. The van der Waals surface area contributed by atoms with Crippen LogP contribution in [0.4, 0.5) is 10.1 Å². The number of halogens is 2. The van der Waals surface area contributed by atoms with Crippen LogP contribution in [0.3, 0.4) is 0 Å². The Kier molecular flexibility index (Phi) is 3.42. The first-order chi connectivity index (χ1) is 6.13. The predicted molar refractivity (Wildman–Crippen MR) is 53.6 cm³/mol. The number of carbonyl (C=O) groups is 1. The summed E-state index contributed by atoms with van der Waals surface area (Å²) >= 11 is 3.00. The van der Waals surface area contributed by atoms with Crippen LogP contribution >= 0.6 is 15.9 Å². The lowest BCUT2D eigenvalue weighted by Gasteiger charge is -2.03. The zero-order valence-corrected chi connectivity index (χ0v) is 8.69. The minimum absolute atomic E-state index is 0.191. The van der Waals surface area contributed by atoms with E-state index in [1.807, 2.05) is 0 Å². The maximum absolute atomic E-state index is 13.0. The molecule has 0 radical (unpaired) electrons. The molecule has 1 aromatic carbocycles. The van der Waals surface area contributed by atoms with Gasteiger partial charge in [0.05, 0.1) is 5.33 Å². The van der Waals surface area contributed by atoms with Crippen molar-refractivity contribution >= 4 is 27.5 Å². The zero-order chi connectivity index (χ0) is 9.84. The second-order valence-corrected chi connectivity index (χ2v) is 3.21. The topological polar surface area (TPSA) is 29.1 Å². The quantitative estimate of drug-likeness (QED) is 0.798. The Labute approximate surface area is 84.3 Å². The van der Waals surface area contributed by atoms with E-state index in [-0.39, 0.29) is 17.1 Å². The second kappa shape index (κ2) is 4.37. The molecule has 0 unspecified atom stereocenters. The van der Waals surface area contributed by atoms with E-state index in [1.54, 1.807) is 19.1 Å². The molecule has 2 nitrogen and oxygen atoms in total. The standard InChI is InChI=1S/C9H9BrFNO/c1-6-2-3-7(4-8(6)11)12-9(13)5-10/h2-4H,5H2,1H3,(H,12,13). The van der Waals surface area contributed by atoms with Gasteiger partial charge in [0.1, 0.15) is 5.82 Å². The first-order valence-corrected chi connectivity index (χ1v) is 4.87. The van der Waals surface area contributed by atoms with Crippen LogP contribution < -0.4 is 5.32 Å². The average molecular weight is 246 g/mol. The number of aryl methyl sites for hydroxylation is 1. The molecule has 1 rings (SSSR count). The summed E-state index contributed by atoms with van der Waals surface area (Å²) < 4.78 is 13.0. The summed E-state index contributed by atoms with van der Waals surface area (Å²) in [7, 11) is 0. The number of alkyl halides is 1. The van der Waals surface area contributed by atoms with Gasteiger partial charge in [0.25, 0.3) is 0 Å². The van der Waals surface area contributed by atoms with Gasteiger partial charge in [-0.25, -0.2) is 4.39 Å². The highest BCUT2D eigenvalue weighted by atomic mass is 79.9. The van der Waals surface area contributed by atoms with Crippen molar-refractivity contribution in [1.82, 2.24) is 0 Å². The van der Waals surface area contributed by atoms with Gasteiger partial charge >= 0.3 is 0 Å². The van der Waals surface area contributed by atoms with Gasteiger partial charge in [0.15, 0.2) is 0 Å². The third kappa shape index (κ3) is 2.81. The van der Waals surface area contributed by atoms with Crippen LogP contribution in [-0.2, 0) is 4.79 Å². The minimum Gasteiger partial charge on any atom is -0.325 e. The summed E-state index contributed by atoms with van der Waals surface area (Å²) in [6.45, 7) is 1.67. The maximum atomic E-state index is 13.0. The highest BCUT2D eigenvalue weighted by Gasteiger charge is 2.02. The number of anilines is 1. The molecule has 13 heavy (non-hydrogen) atoms. The zero-order valence-electron chi connectivity index (χ0n) is 7.10. The minimum atomic E-state index is -0.313.